The van der Waals surface area contributed by atoms with E-state index in [0.717, 1.165) is 12.8 Å². The predicted molar refractivity (Wildman–Crippen MR) is 74.1 cm³/mol. The minimum absolute atomic E-state index is 0.139. The average molecular weight is 277 g/mol. The van der Waals surface area contributed by atoms with Gasteiger partial charge in [0.05, 0.1) is 6.54 Å². The molecule has 2 amide bonds. The van der Waals surface area contributed by atoms with Gasteiger partial charge in [0, 0.05) is 24.6 Å². The smallest absolute Gasteiger partial charge is 0.229 e. The first kappa shape index (κ1) is 13.6. The summed E-state index contributed by atoms with van der Waals surface area (Å²) in [6, 6.07) is 3.52. The van der Waals surface area contributed by atoms with Gasteiger partial charge in [-0.15, -0.1) is 0 Å². The first-order chi connectivity index (χ1) is 9.09. The van der Waals surface area contributed by atoms with Crippen LogP contribution in [0.5, 0.6) is 0 Å². The summed E-state index contributed by atoms with van der Waals surface area (Å²) in [5.74, 6) is -0.277. The number of hydrogen-bond acceptors (Lipinski definition) is 4. The molecule has 2 N–H and O–H groups in total. The van der Waals surface area contributed by atoms with E-state index in [0.29, 0.717) is 24.1 Å². The van der Waals surface area contributed by atoms with Gasteiger partial charge in [-0.1, -0.05) is 18.3 Å². The summed E-state index contributed by atoms with van der Waals surface area (Å²) in [5, 5.41) is 0. The molecule has 19 heavy (non-hydrogen) atoms. The molecular formula is C13H15N3O2S. The van der Waals surface area contributed by atoms with Crippen molar-refractivity contribution in [1.29, 1.82) is 0 Å². The number of carbonyl (C=O) groups excluding carboxylic acids is 2. The fraction of sp³-hybridized carbons (Fsp3) is 0.385. The van der Waals surface area contributed by atoms with Gasteiger partial charge in [-0.2, -0.15) is 0 Å². The van der Waals surface area contributed by atoms with E-state index < -0.39 is 0 Å². The summed E-state index contributed by atoms with van der Waals surface area (Å²) < 4.78 is 0. The van der Waals surface area contributed by atoms with Crippen molar-refractivity contribution in [1.82, 2.24) is 9.88 Å². The van der Waals surface area contributed by atoms with Crippen molar-refractivity contribution in [3.05, 3.63) is 29.6 Å². The quantitative estimate of drug-likeness (QED) is 0.662. The Bertz CT molecular complexity index is 512. The summed E-state index contributed by atoms with van der Waals surface area (Å²) in [5.41, 5.74) is 6.78. The Morgan fingerprint density at radius 3 is 2.53 bits per heavy atom. The van der Waals surface area contributed by atoms with Gasteiger partial charge in [-0.3, -0.25) is 19.5 Å². The van der Waals surface area contributed by atoms with Gasteiger partial charge in [0.15, 0.2) is 0 Å². The number of carbonyl (C=O) groups is 2. The largest absolute Gasteiger partial charge is 0.388 e. The van der Waals surface area contributed by atoms with Gasteiger partial charge in [-0.05, 0) is 18.9 Å². The molecular weight excluding hydrogens is 262 g/mol. The number of thiocarbonyl (C=S) groups is 1. The Hall–Kier alpha value is -1.82. The molecule has 6 heteroatoms. The minimum Gasteiger partial charge on any atom is -0.388 e. The van der Waals surface area contributed by atoms with Crippen LogP contribution in [0.1, 0.15) is 36.9 Å². The number of likely N-dealkylation sites (tertiary alicyclic amines) is 1. The first-order valence-corrected chi connectivity index (χ1v) is 6.57. The van der Waals surface area contributed by atoms with Crippen molar-refractivity contribution >= 4 is 29.0 Å². The third-order valence-corrected chi connectivity index (χ3v) is 3.28. The Labute approximate surface area is 116 Å². The Morgan fingerprint density at radius 2 is 1.95 bits per heavy atom. The maximum absolute atomic E-state index is 11.9. The van der Waals surface area contributed by atoms with Crippen LogP contribution in [0.15, 0.2) is 18.3 Å². The fourth-order valence-electron chi connectivity index (χ4n) is 2.10. The van der Waals surface area contributed by atoms with Crippen LogP contribution in [-0.2, 0) is 16.1 Å². The molecule has 1 aromatic rings. The molecule has 0 atom stereocenters. The average Bonchev–Trinajstić information content (AvgIpc) is 2.54. The highest BCUT2D eigenvalue weighted by atomic mass is 32.1. The van der Waals surface area contributed by atoms with E-state index in [4.69, 9.17) is 18.0 Å². The summed E-state index contributed by atoms with van der Waals surface area (Å²) in [6.07, 6.45) is 3.93. The van der Waals surface area contributed by atoms with Crippen LogP contribution in [0.25, 0.3) is 0 Å². The van der Waals surface area contributed by atoms with Crippen molar-refractivity contribution in [3.8, 4) is 0 Å². The van der Waals surface area contributed by atoms with Crippen molar-refractivity contribution in [3.63, 3.8) is 0 Å². The van der Waals surface area contributed by atoms with Crippen molar-refractivity contribution in [2.45, 2.75) is 32.2 Å². The van der Waals surface area contributed by atoms with E-state index in [2.05, 4.69) is 4.98 Å². The molecule has 1 aromatic heterocycles. The van der Waals surface area contributed by atoms with Crippen LogP contribution in [0.4, 0.5) is 0 Å². The van der Waals surface area contributed by atoms with Crippen molar-refractivity contribution in [2.75, 3.05) is 0 Å². The number of pyridine rings is 1. The van der Waals surface area contributed by atoms with Crippen LogP contribution < -0.4 is 5.73 Å². The Morgan fingerprint density at radius 1 is 1.32 bits per heavy atom. The second kappa shape index (κ2) is 5.88. The lowest BCUT2D eigenvalue weighted by Gasteiger charge is -2.19. The topological polar surface area (TPSA) is 76.3 Å². The predicted octanol–water partition coefficient (Wildman–Crippen LogP) is 1.15. The highest BCUT2D eigenvalue weighted by molar-refractivity contribution is 7.80. The van der Waals surface area contributed by atoms with Crippen LogP contribution >= 0.6 is 12.2 Å². The van der Waals surface area contributed by atoms with Crippen LogP contribution in [0.3, 0.4) is 0 Å². The van der Waals surface area contributed by atoms with Crippen LogP contribution in [0, 0.1) is 0 Å². The molecule has 0 radical (unpaired) electrons. The van der Waals surface area contributed by atoms with Gasteiger partial charge in [0.2, 0.25) is 11.8 Å². The number of hydrogen-bond donors (Lipinski definition) is 1. The molecule has 1 aliphatic rings. The van der Waals surface area contributed by atoms with E-state index in [1.807, 2.05) is 0 Å². The van der Waals surface area contributed by atoms with E-state index >= 15 is 0 Å². The lowest BCUT2D eigenvalue weighted by atomic mass is 10.1. The number of amides is 2. The molecule has 0 aliphatic carbocycles. The molecule has 1 fully saturated rings. The summed E-state index contributed by atoms with van der Waals surface area (Å²) >= 11 is 4.93. The van der Waals surface area contributed by atoms with E-state index in [1.165, 1.54) is 4.90 Å². The molecule has 1 saturated heterocycles. The molecule has 0 saturated carbocycles. The van der Waals surface area contributed by atoms with Gasteiger partial charge in [0.25, 0.3) is 0 Å². The second-order valence-electron chi connectivity index (χ2n) is 4.46. The zero-order chi connectivity index (χ0) is 13.8. The van der Waals surface area contributed by atoms with Crippen LogP contribution in [-0.4, -0.2) is 26.7 Å². The highest BCUT2D eigenvalue weighted by Crippen LogP contribution is 2.17. The minimum atomic E-state index is -0.139. The summed E-state index contributed by atoms with van der Waals surface area (Å²) in [7, 11) is 0. The zero-order valence-corrected chi connectivity index (χ0v) is 11.3. The zero-order valence-electron chi connectivity index (χ0n) is 10.5. The lowest BCUT2D eigenvalue weighted by molar-refractivity contribution is -0.144. The molecule has 5 nitrogen and oxygen atoms in total. The molecule has 0 spiro atoms. The normalized spacial score (nSPS) is 16.3. The molecule has 0 unspecified atom stereocenters. The monoisotopic (exact) mass is 277 g/mol. The van der Waals surface area contributed by atoms with Crippen molar-refractivity contribution in [2.24, 2.45) is 5.73 Å². The van der Waals surface area contributed by atoms with Crippen LogP contribution in [0.2, 0.25) is 0 Å². The number of imide groups is 1. The number of aromatic nitrogens is 1. The lowest BCUT2D eigenvalue weighted by Crippen LogP contribution is -2.35. The van der Waals surface area contributed by atoms with E-state index in [-0.39, 0.29) is 23.3 Å². The van der Waals surface area contributed by atoms with E-state index in [9.17, 15) is 9.59 Å². The van der Waals surface area contributed by atoms with Crippen molar-refractivity contribution < 1.29 is 9.59 Å². The Balaban J connectivity index is 2.26. The third-order valence-electron chi connectivity index (χ3n) is 3.09. The maximum Gasteiger partial charge on any atom is 0.229 e. The van der Waals surface area contributed by atoms with Gasteiger partial charge in [0.1, 0.15) is 10.7 Å². The molecule has 2 rings (SSSR count). The summed E-state index contributed by atoms with van der Waals surface area (Å²) in [4.78, 5) is 29.4. The molecule has 1 aliphatic heterocycles. The second-order valence-corrected chi connectivity index (χ2v) is 4.90. The molecule has 100 valence electrons. The molecule has 0 aromatic carbocycles. The third kappa shape index (κ3) is 3.14. The number of rotatable bonds is 3. The highest BCUT2D eigenvalue weighted by Gasteiger charge is 2.25. The number of nitrogens with zero attached hydrogens (tertiary/aromatic N) is 2. The molecule has 2 heterocycles. The number of nitrogens with two attached hydrogens (primary N) is 1. The van der Waals surface area contributed by atoms with Gasteiger partial charge < -0.3 is 5.73 Å². The Kier molecular flexibility index (Phi) is 4.21. The SMILES string of the molecule is NC(=S)c1ncccc1CN1C(=O)CCCCC1=O. The maximum atomic E-state index is 11.9. The summed E-state index contributed by atoms with van der Waals surface area (Å²) in [6.45, 7) is 0.193. The van der Waals surface area contributed by atoms with Gasteiger partial charge >= 0.3 is 0 Å². The standard InChI is InChI=1S/C13H15N3O2S/c14-13(19)12-9(4-3-7-15-12)8-16-10(17)5-1-2-6-11(16)18/h3-4,7H,1-2,5-6,8H2,(H2,14,19). The fourth-order valence-corrected chi connectivity index (χ4v) is 2.28. The van der Waals surface area contributed by atoms with E-state index in [1.54, 1.807) is 18.3 Å². The van der Waals surface area contributed by atoms with Gasteiger partial charge in [-0.25, -0.2) is 0 Å². The molecule has 0 bridgehead atoms. The first-order valence-electron chi connectivity index (χ1n) is 6.16.